The highest BCUT2D eigenvalue weighted by Gasteiger charge is 2.10. The van der Waals surface area contributed by atoms with Gasteiger partial charge in [0.05, 0.1) is 32.6 Å². The summed E-state index contributed by atoms with van der Waals surface area (Å²) >= 11 is 1.33. The average Bonchev–Trinajstić information content (AvgIpc) is 3.25. The molecule has 8 heteroatoms. The van der Waals surface area contributed by atoms with E-state index in [4.69, 9.17) is 9.47 Å². The normalized spacial score (nSPS) is 10.6. The number of hydrogen-bond acceptors (Lipinski definition) is 7. The third-order valence-corrected chi connectivity index (χ3v) is 4.93. The first kappa shape index (κ1) is 21.1. The maximum atomic E-state index is 12.2. The van der Waals surface area contributed by atoms with Crippen LogP contribution in [-0.4, -0.2) is 38.2 Å². The molecule has 1 amide bonds. The number of nitrogens with one attached hydrogen (secondary N) is 1. The molecule has 0 fully saturated rings. The molecule has 0 aliphatic heterocycles. The van der Waals surface area contributed by atoms with Crippen LogP contribution in [0.15, 0.2) is 53.9 Å². The third kappa shape index (κ3) is 5.03. The summed E-state index contributed by atoms with van der Waals surface area (Å²) in [4.78, 5) is 28.1. The number of hydrogen-bond donors (Lipinski definition) is 1. The van der Waals surface area contributed by atoms with Crippen molar-refractivity contribution >= 4 is 34.4 Å². The fraction of sp³-hybridized carbons (Fsp3) is 0.136. The molecule has 0 bridgehead atoms. The summed E-state index contributed by atoms with van der Waals surface area (Å²) < 4.78 is 15.2. The van der Waals surface area contributed by atoms with E-state index in [9.17, 15) is 9.59 Å². The van der Waals surface area contributed by atoms with Crippen LogP contribution in [0.5, 0.6) is 11.5 Å². The molecule has 0 spiro atoms. The predicted octanol–water partition coefficient (Wildman–Crippen LogP) is 4.27. The molecule has 3 aromatic rings. The van der Waals surface area contributed by atoms with Crippen LogP contribution in [0, 0.1) is 0 Å². The summed E-state index contributed by atoms with van der Waals surface area (Å²) in [5, 5.41) is 5.08. The second-order valence-electron chi connectivity index (χ2n) is 6.04. The number of amides is 1. The maximum absolute atomic E-state index is 12.2. The second-order valence-corrected chi connectivity index (χ2v) is 6.90. The van der Waals surface area contributed by atoms with Gasteiger partial charge in [-0.05, 0) is 42.0 Å². The van der Waals surface area contributed by atoms with Gasteiger partial charge in [-0.15, -0.1) is 11.3 Å². The van der Waals surface area contributed by atoms with E-state index in [-0.39, 0.29) is 5.91 Å². The fourth-order valence-corrected chi connectivity index (χ4v) is 3.35. The van der Waals surface area contributed by atoms with Crippen molar-refractivity contribution in [2.45, 2.75) is 0 Å². The molecule has 1 N–H and O–H groups in total. The van der Waals surface area contributed by atoms with E-state index in [1.54, 1.807) is 50.6 Å². The minimum absolute atomic E-state index is 0.305. The molecule has 0 atom stereocenters. The zero-order valence-corrected chi connectivity index (χ0v) is 17.5. The number of methoxy groups -OCH3 is 3. The van der Waals surface area contributed by atoms with Crippen LogP contribution in [0.4, 0.5) is 5.13 Å². The Labute approximate surface area is 177 Å². The van der Waals surface area contributed by atoms with Gasteiger partial charge in [0, 0.05) is 17.0 Å². The first-order chi connectivity index (χ1) is 14.5. The number of aromatic nitrogens is 1. The first-order valence-corrected chi connectivity index (χ1v) is 9.77. The van der Waals surface area contributed by atoms with E-state index in [0.717, 1.165) is 16.8 Å². The Bertz CT molecular complexity index is 1070. The van der Waals surface area contributed by atoms with Crippen molar-refractivity contribution in [3.63, 3.8) is 0 Å². The van der Waals surface area contributed by atoms with Crippen LogP contribution in [-0.2, 0) is 9.53 Å². The number of anilines is 1. The largest absolute Gasteiger partial charge is 0.493 e. The van der Waals surface area contributed by atoms with Gasteiger partial charge in [-0.25, -0.2) is 9.78 Å². The maximum Gasteiger partial charge on any atom is 0.337 e. The van der Waals surface area contributed by atoms with E-state index in [0.29, 0.717) is 22.2 Å². The molecule has 2 aromatic carbocycles. The standard InChI is InChI=1S/C22H20N2O5S/c1-27-18-10-9-16(12-19(18)28-2)17-13-30-22(23-17)24-20(25)11-6-14-4-7-15(8-5-14)21(26)29-3/h4-13H,1-3H3,(H,23,24,25)/b11-6+. The van der Waals surface area contributed by atoms with Crippen molar-refractivity contribution in [3.8, 4) is 22.8 Å². The van der Waals surface area contributed by atoms with Gasteiger partial charge in [0.15, 0.2) is 16.6 Å². The van der Waals surface area contributed by atoms with Gasteiger partial charge in [0.2, 0.25) is 5.91 Å². The van der Waals surface area contributed by atoms with E-state index in [1.807, 2.05) is 17.5 Å². The lowest BCUT2D eigenvalue weighted by molar-refractivity contribution is -0.111. The average molecular weight is 424 g/mol. The Hall–Kier alpha value is -3.65. The van der Waals surface area contributed by atoms with Crippen LogP contribution in [0.2, 0.25) is 0 Å². The Morgan fingerprint density at radius 1 is 1.00 bits per heavy atom. The monoisotopic (exact) mass is 424 g/mol. The predicted molar refractivity (Wildman–Crippen MR) is 116 cm³/mol. The molecule has 0 aliphatic rings. The molecule has 30 heavy (non-hydrogen) atoms. The molecule has 0 unspecified atom stereocenters. The summed E-state index contributed by atoms with van der Waals surface area (Å²) in [7, 11) is 4.48. The van der Waals surface area contributed by atoms with Crippen molar-refractivity contribution in [1.82, 2.24) is 4.98 Å². The quantitative estimate of drug-likeness (QED) is 0.450. The summed E-state index contributed by atoms with van der Waals surface area (Å²) in [6.45, 7) is 0. The number of benzene rings is 2. The molecular weight excluding hydrogens is 404 g/mol. The Morgan fingerprint density at radius 2 is 1.73 bits per heavy atom. The number of carbonyl (C=O) groups is 2. The highest BCUT2D eigenvalue weighted by Crippen LogP contribution is 2.33. The van der Waals surface area contributed by atoms with E-state index in [1.165, 1.54) is 24.5 Å². The second kappa shape index (κ2) is 9.71. The van der Waals surface area contributed by atoms with Gasteiger partial charge in [0.25, 0.3) is 0 Å². The van der Waals surface area contributed by atoms with Crippen molar-refractivity contribution < 1.29 is 23.8 Å². The van der Waals surface area contributed by atoms with E-state index < -0.39 is 5.97 Å². The molecule has 0 aliphatic carbocycles. The zero-order valence-electron chi connectivity index (χ0n) is 16.7. The molecule has 154 valence electrons. The number of thiazole rings is 1. The Morgan fingerprint density at radius 3 is 2.40 bits per heavy atom. The summed E-state index contributed by atoms with van der Waals surface area (Å²) in [5.74, 6) is 0.530. The molecule has 7 nitrogen and oxygen atoms in total. The minimum atomic E-state index is -0.405. The SMILES string of the molecule is COC(=O)c1ccc(/C=C/C(=O)Nc2nc(-c3ccc(OC)c(OC)c3)cs2)cc1. The number of ether oxygens (including phenoxy) is 3. The molecule has 0 saturated heterocycles. The van der Waals surface area contributed by atoms with Crippen molar-refractivity contribution in [3.05, 3.63) is 65.0 Å². The molecule has 3 rings (SSSR count). The van der Waals surface area contributed by atoms with Gasteiger partial charge in [0.1, 0.15) is 0 Å². The van der Waals surface area contributed by atoms with Gasteiger partial charge < -0.3 is 14.2 Å². The smallest absolute Gasteiger partial charge is 0.337 e. The van der Waals surface area contributed by atoms with E-state index in [2.05, 4.69) is 15.0 Å². The Kier molecular flexibility index (Phi) is 6.82. The fourth-order valence-electron chi connectivity index (χ4n) is 2.63. The van der Waals surface area contributed by atoms with E-state index >= 15 is 0 Å². The van der Waals surface area contributed by atoms with Crippen molar-refractivity contribution in [2.24, 2.45) is 0 Å². The lowest BCUT2D eigenvalue weighted by atomic mass is 10.1. The third-order valence-electron chi connectivity index (χ3n) is 4.17. The van der Waals surface area contributed by atoms with Crippen LogP contribution in [0.3, 0.4) is 0 Å². The number of nitrogens with zero attached hydrogens (tertiary/aromatic N) is 1. The minimum Gasteiger partial charge on any atom is -0.493 e. The number of rotatable bonds is 7. The number of carbonyl (C=O) groups excluding carboxylic acids is 2. The summed E-state index contributed by atoms with van der Waals surface area (Å²) in [5.41, 5.74) is 2.80. The summed E-state index contributed by atoms with van der Waals surface area (Å²) in [6, 6.07) is 12.2. The van der Waals surface area contributed by atoms with Crippen LogP contribution in [0.25, 0.3) is 17.3 Å². The molecule has 1 aromatic heterocycles. The van der Waals surface area contributed by atoms with Crippen LogP contribution < -0.4 is 14.8 Å². The van der Waals surface area contributed by atoms with Gasteiger partial charge in [-0.2, -0.15) is 0 Å². The summed E-state index contributed by atoms with van der Waals surface area (Å²) in [6.07, 6.45) is 3.06. The highest BCUT2D eigenvalue weighted by atomic mass is 32.1. The number of esters is 1. The van der Waals surface area contributed by atoms with Crippen molar-refractivity contribution in [2.75, 3.05) is 26.6 Å². The molecule has 0 radical (unpaired) electrons. The Balaban J connectivity index is 1.65. The lowest BCUT2D eigenvalue weighted by Crippen LogP contribution is -2.07. The van der Waals surface area contributed by atoms with Crippen LogP contribution in [0.1, 0.15) is 15.9 Å². The topological polar surface area (TPSA) is 86.8 Å². The van der Waals surface area contributed by atoms with Gasteiger partial charge in [-0.3, -0.25) is 10.1 Å². The van der Waals surface area contributed by atoms with Crippen molar-refractivity contribution in [1.29, 1.82) is 0 Å². The van der Waals surface area contributed by atoms with Gasteiger partial charge >= 0.3 is 5.97 Å². The van der Waals surface area contributed by atoms with Gasteiger partial charge in [-0.1, -0.05) is 12.1 Å². The molecular formula is C22H20N2O5S. The molecule has 1 heterocycles. The first-order valence-electron chi connectivity index (χ1n) is 8.89. The van der Waals surface area contributed by atoms with Crippen LogP contribution >= 0.6 is 11.3 Å². The zero-order chi connectivity index (χ0) is 21.5. The lowest BCUT2D eigenvalue weighted by Gasteiger charge is -2.08. The highest BCUT2D eigenvalue weighted by molar-refractivity contribution is 7.14. The molecule has 0 saturated carbocycles.